The number of nitrogens with zero attached hydrogens (tertiary/aromatic N) is 3. The molecule has 18 nitrogen and oxygen atoms in total. The summed E-state index contributed by atoms with van der Waals surface area (Å²) in [5, 5.41) is 3.73. The number of rotatable bonds is 18. The first-order valence-electron chi connectivity index (χ1n) is 24.0. The number of hydrogen-bond donors (Lipinski definition) is 1. The van der Waals surface area contributed by atoms with Crippen molar-refractivity contribution in [2.45, 2.75) is 138 Å². The molecule has 0 aliphatic carbocycles. The molecule has 5 rings (SSSR count). The molecule has 0 aromatic heterocycles. The maximum Gasteiger partial charge on any atom is 0.306 e. The van der Waals surface area contributed by atoms with Crippen molar-refractivity contribution < 1.29 is 66.7 Å². The molecule has 1 saturated heterocycles. The van der Waals surface area contributed by atoms with Crippen molar-refractivity contribution in [2.75, 3.05) is 49.8 Å². The average molecular weight is 989 g/mol. The normalized spacial score (nSPS) is 34.8. The predicted octanol–water partition coefficient (Wildman–Crippen LogP) is 6.54. The van der Waals surface area contributed by atoms with Gasteiger partial charge in [-0.05, 0) is 63.7 Å². The van der Waals surface area contributed by atoms with E-state index in [0.29, 0.717) is 51.8 Å². The molecule has 10 atom stereocenters. The van der Waals surface area contributed by atoms with Crippen molar-refractivity contribution in [2.24, 2.45) is 60.3 Å². The first-order chi connectivity index (χ1) is 32.8. The number of hydrogen-bond acceptors (Lipinski definition) is 18. The van der Waals surface area contributed by atoms with Gasteiger partial charge in [0.15, 0.2) is 0 Å². The van der Waals surface area contributed by atoms with Crippen LogP contribution in [0.25, 0.3) is 0 Å². The van der Waals surface area contributed by atoms with Gasteiger partial charge in [-0.25, -0.2) is 0 Å². The summed E-state index contributed by atoms with van der Waals surface area (Å²) in [5.41, 5.74) is -0.483. The van der Waals surface area contributed by atoms with Crippen LogP contribution >= 0.6 is 0 Å². The first kappa shape index (κ1) is 55.2. The summed E-state index contributed by atoms with van der Waals surface area (Å²) in [6.45, 7) is 15.7. The zero-order chi connectivity index (χ0) is 52.3. The first-order valence-corrected chi connectivity index (χ1v) is 24.0. The van der Waals surface area contributed by atoms with Crippen molar-refractivity contribution in [3.8, 4) is 0 Å². The van der Waals surface area contributed by atoms with E-state index < -0.39 is 98.7 Å². The van der Waals surface area contributed by atoms with E-state index in [4.69, 9.17) is 48.1 Å². The van der Waals surface area contributed by atoms with Gasteiger partial charge in [0.2, 0.25) is 0 Å². The molecule has 1 fully saturated rings. The van der Waals surface area contributed by atoms with Gasteiger partial charge in [-0.15, -0.1) is 0 Å². The Kier molecular flexibility index (Phi) is 16.9. The predicted molar refractivity (Wildman–Crippen MR) is 258 cm³/mol. The highest BCUT2D eigenvalue weighted by Gasteiger charge is 2.66. The largest absolute Gasteiger partial charge is 0.469 e. The van der Waals surface area contributed by atoms with E-state index in [9.17, 15) is 33.6 Å². The van der Waals surface area contributed by atoms with E-state index >= 15 is 0 Å². The molecule has 0 saturated carbocycles. The fraction of sp³-hybridized carbons (Fsp3) is 0.692. The Hall–Kier alpha value is -5.68. The molecule has 18 heteroatoms. The van der Waals surface area contributed by atoms with E-state index in [0.717, 1.165) is 0 Å². The molecule has 70 heavy (non-hydrogen) atoms. The third-order valence-electron chi connectivity index (χ3n) is 16.8. The van der Waals surface area contributed by atoms with Crippen LogP contribution in [0.5, 0.6) is 0 Å². The van der Waals surface area contributed by atoms with Gasteiger partial charge < -0.3 is 38.5 Å². The van der Waals surface area contributed by atoms with Crippen LogP contribution in [0.1, 0.15) is 126 Å². The van der Waals surface area contributed by atoms with Crippen molar-refractivity contribution >= 4 is 58.9 Å². The number of nitrogens with one attached hydrogen (secondary N) is 1. The molecule has 5 aliphatic rings. The van der Waals surface area contributed by atoms with E-state index in [-0.39, 0.29) is 64.2 Å². The lowest BCUT2D eigenvalue weighted by molar-refractivity contribution is -0.147. The number of ether oxygens (including phenoxy) is 7. The highest BCUT2D eigenvalue weighted by Crippen LogP contribution is 2.62. The van der Waals surface area contributed by atoms with E-state index in [1.165, 1.54) is 49.8 Å². The third kappa shape index (κ3) is 9.97. The smallest absolute Gasteiger partial charge is 0.306 e. The van der Waals surface area contributed by atoms with Crippen LogP contribution in [0.15, 0.2) is 49.3 Å². The van der Waals surface area contributed by atoms with E-state index in [1.54, 1.807) is 0 Å². The summed E-state index contributed by atoms with van der Waals surface area (Å²) in [4.78, 5) is 111. The van der Waals surface area contributed by atoms with Crippen molar-refractivity contribution in [3.05, 3.63) is 34.3 Å². The Morgan fingerprint density at radius 2 is 1.11 bits per heavy atom. The number of carbonyl (C=O) groups is 7. The average Bonchev–Trinajstić information content (AvgIpc) is 3.95. The van der Waals surface area contributed by atoms with Gasteiger partial charge >= 0.3 is 41.8 Å². The standard InChI is InChI=1S/C52H74N4O14/c1-28-43-31(17-20-37(58)65-10)48(3,4)35(54-43)25-34-30(16-19-36(57)64-9)50(6,26-41(62)69-14)46(53-34)29(2)44-32(18-21-38(59)66-11)51(7,27-42(63)70-15)52(8,56-44)47-33(24-40(61)68-13)49(5,45(28)55-47)23-22-39(60)67-12/h25,30-33,47,53H,16-24,26-27H2,1-15H3/b34-25-,43-28-,46-29-/t30-,31-,32-,33+,47-,49-,50+,51+,52+/m1/s1/i1+2,2+2,3+2,5+2,8+2/t30-,31-,32-,33+,47-,48+,49-,50+,51+,52+. The Bertz CT molecular complexity index is 2340. The molecular weight excluding hydrogens is 915 g/mol. The van der Waals surface area contributed by atoms with Gasteiger partial charge in [-0.1, -0.05) is 34.6 Å². The SMILES string of the molecule is COC(=O)CC[C@@H]1/C2=C(\[14CH3])C3=N[C@H]([C@H](CC(=O)OC)[C@@]3([14CH3])CCC(=O)OC)[C@]3([14CH3])N=C(/C([14CH3])=C4\N/C(=C\C(=N2)[C@]1(C)[14CH3])[C@@H](CCC(=O)OC)[C@]4(C)CC(=O)OC)[C@@H](CCC(=O)OC)[C@]3(C)CC(=O)OC. The lowest BCUT2D eigenvalue weighted by Gasteiger charge is -2.48. The molecule has 8 bridgehead atoms. The highest BCUT2D eigenvalue weighted by molar-refractivity contribution is 6.10. The molecule has 0 aromatic rings. The molecule has 0 unspecified atom stereocenters. The minimum atomic E-state index is -1.37. The van der Waals surface area contributed by atoms with Crippen LogP contribution in [0.4, 0.5) is 0 Å². The van der Waals surface area contributed by atoms with Gasteiger partial charge in [-0.2, -0.15) is 0 Å². The number of methoxy groups -OCH3 is 7. The summed E-state index contributed by atoms with van der Waals surface area (Å²) in [6.07, 6.45) is 2.42. The van der Waals surface area contributed by atoms with Crippen LogP contribution in [0.2, 0.25) is 0 Å². The van der Waals surface area contributed by atoms with Gasteiger partial charge in [-0.3, -0.25) is 48.5 Å². The van der Waals surface area contributed by atoms with E-state index in [2.05, 4.69) is 19.2 Å². The topological polar surface area (TPSA) is 233 Å². The van der Waals surface area contributed by atoms with Crippen LogP contribution in [-0.4, -0.2) is 120 Å². The quantitative estimate of drug-likeness (QED) is 0.113. The van der Waals surface area contributed by atoms with Crippen molar-refractivity contribution in [3.63, 3.8) is 0 Å². The van der Waals surface area contributed by atoms with Gasteiger partial charge in [0.1, 0.15) is 0 Å². The summed E-state index contributed by atoms with van der Waals surface area (Å²) < 4.78 is 36.8. The lowest BCUT2D eigenvalue weighted by atomic mass is 9.60. The molecule has 5 aliphatic heterocycles. The lowest BCUT2D eigenvalue weighted by Crippen LogP contribution is -2.55. The van der Waals surface area contributed by atoms with Gasteiger partial charge in [0.25, 0.3) is 0 Å². The van der Waals surface area contributed by atoms with E-state index in [1.807, 2.05) is 47.6 Å². The summed E-state index contributed by atoms with van der Waals surface area (Å²) in [6, 6.07) is -0.888. The molecule has 386 valence electrons. The van der Waals surface area contributed by atoms with Crippen LogP contribution < -0.4 is 5.32 Å². The molecule has 1 N–H and O–H groups in total. The highest BCUT2D eigenvalue weighted by atomic mass is 16.5. The molecule has 0 amide bonds. The maximum absolute atomic E-state index is 14.0. The zero-order valence-electron chi connectivity index (χ0n) is 43.8. The minimum Gasteiger partial charge on any atom is -0.469 e. The molecule has 0 spiro atoms. The number of esters is 7. The number of allylic oxidation sites excluding steroid dienone is 6. The summed E-state index contributed by atoms with van der Waals surface area (Å²) in [5.74, 6) is -5.67. The second-order valence-electron chi connectivity index (χ2n) is 20.7. The van der Waals surface area contributed by atoms with Crippen molar-refractivity contribution in [1.82, 2.24) is 5.32 Å². The minimum absolute atomic E-state index is 0.0103. The second kappa shape index (κ2) is 21.4. The van der Waals surface area contributed by atoms with Crippen molar-refractivity contribution in [1.29, 1.82) is 0 Å². The second-order valence-corrected chi connectivity index (χ2v) is 20.7. The number of fused-ring (bicyclic) bond motifs is 6. The van der Waals surface area contributed by atoms with Gasteiger partial charge in [0.05, 0.1) is 80.6 Å². The maximum atomic E-state index is 14.0. The number of carbonyl (C=O) groups excluding carboxylic acids is 7. The fourth-order valence-corrected chi connectivity index (χ4v) is 12.3. The Morgan fingerprint density at radius 3 is 1.64 bits per heavy atom. The monoisotopic (exact) mass is 989 g/mol. The van der Waals surface area contributed by atoms with Gasteiger partial charge in [0, 0.05) is 105 Å². The number of aliphatic imine (C=N–C) groups is 3. The Balaban J connectivity index is 2.05. The summed E-state index contributed by atoms with van der Waals surface area (Å²) >= 11 is 0. The van der Waals surface area contributed by atoms with Crippen LogP contribution in [0, 0.1) is 45.3 Å². The zero-order valence-corrected chi connectivity index (χ0v) is 43.8. The summed E-state index contributed by atoms with van der Waals surface area (Å²) in [7, 11) is 9.21. The third-order valence-corrected chi connectivity index (χ3v) is 16.8. The Morgan fingerprint density at radius 1 is 0.629 bits per heavy atom. The molecule has 0 aromatic carbocycles. The molecule has 0 radical (unpaired) electrons. The molecule has 5 heterocycles. The van der Waals surface area contributed by atoms with Crippen LogP contribution in [-0.2, 0) is 66.7 Å². The van der Waals surface area contributed by atoms with Crippen LogP contribution in [0.3, 0.4) is 0 Å². The molecular formula is C52H74N4O14. The Labute approximate surface area is 411 Å². The fourth-order valence-electron chi connectivity index (χ4n) is 12.3.